The molecule has 1 aromatic heterocycles. The predicted molar refractivity (Wildman–Crippen MR) is 83.3 cm³/mol. The lowest BCUT2D eigenvalue weighted by atomic mass is 10.1. The van der Waals surface area contributed by atoms with Gasteiger partial charge in [-0.25, -0.2) is 4.98 Å². The molecule has 0 saturated heterocycles. The van der Waals surface area contributed by atoms with Crippen LogP contribution in [0.1, 0.15) is 21.5 Å². The van der Waals surface area contributed by atoms with E-state index >= 15 is 0 Å². The molecule has 0 fully saturated rings. The van der Waals surface area contributed by atoms with Crippen molar-refractivity contribution >= 4 is 11.7 Å². The van der Waals surface area contributed by atoms with Gasteiger partial charge in [0.25, 0.3) is 5.91 Å². The fourth-order valence-electron chi connectivity index (χ4n) is 2.61. The first-order valence-corrected chi connectivity index (χ1v) is 7.40. The second-order valence-corrected chi connectivity index (χ2v) is 5.38. The van der Waals surface area contributed by atoms with Crippen LogP contribution < -0.4 is 25.4 Å². The Morgan fingerprint density at radius 2 is 2.17 bits per heavy atom. The molecule has 2 aliphatic heterocycles. The van der Waals surface area contributed by atoms with E-state index in [2.05, 4.69) is 20.9 Å². The Labute approximate surface area is 133 Å². The Hall–Kier alpha value is -2.80. The summed E-state index contributed by atoms with van der Waals surface area (Å²) in [5.74, 6) is 2.13. The Morgan fingerprint density at radius 3 is 3.13 bits per heavy atom. The molecule has 1 amide bonds. The molecule has 4 rings (SSSR count). The topological polar surface area (TPSA) is 84.5 Å². The molecule has 7 nitrogen and oxygen atoms in total. The fraction of sp³-hybridized carbons (Fsp3) is 0.250. The van der Waals surface area contributed by atoms with E-state index in [1.165, 1.54) is 0 Å². The molecule has 1 aromatic carbocycles. The molecule has 3 N–H and O–H groups in total. The first-order chi connectivity index (χ1) is 11.3. The van der Waals surface area contributed by atoms with Crippen molar-refractivity contribution in [2.24, 2.45) is 0 Å². The van der Waals surface area contributed by atoms with E-state index in [0.717, 1.165) is 22.7 Å². The minimum atomic E-state index is -0.149. The molecule has 0 atom stereocenters. The third-order valence-corrected chi connectivity index (χ3v) is 3.82. The van der Waals surface area contributed by atoms with Crippen molar-refractivity contribution in [1.29, 1.82) is 0 Å². The zero-order valence-electron chi connectivity index (χ0n) is 12.4. The number of hydrogen-bond acceptors (Lipinski definition) is 6. The van der Waals surface area contributed by atoms with Crippen LogP contribution in [0.3, 0.4) is 0 Å². The van der Waals surface area contributed by atoms with Gasteiger partial charge in [0.2, 0.25) is 6.79 Å². The average molecular weight is 312 g/mol. The molecular formula is C16H16N4O3. The monoisotopic (exact) mass is 312 g/mol. The normalized spacial score (nSPS) is 14.8. The zero-order valence-corrected chi connectivity index (χ0v) is 12.4. The first kappa shape index (κ1) is 13.8. The van der Waals surface area contributed by atoms with E-state index in [1.807, 2.05) is 24.3 Å². The number of amides is 1. The lowest BCUT2D eigenvalue weighted by Gasteiger charge is -2.18. The lowest BCUT2D eigenvalue weighted by molar-refractivity contribution is 0.0950. The molecule has 0 saturated carbocycles. The Morgan fingerprint density at radius 1 is 1.26 bits per heavy atom. The third kappa shape index (κ3) is 2.78. The molecule has 23 heavy (non-hydrogen) atoms. The number of nitrogens with one attached hydrogen (secondary N) is 3. The summed E-state index contributed by atoms with van der Waals surface area (Å²) in [6, 6.07) is 7.49. The molecule has 0 aliphatic carbocycles. The highest BCUT2D eigenvalue weighted by atomic mass is 16.7. The SMILES string of the molecule is O=C(NCc1ccc2c(c1)OCO2)c1cnc2c(c1)CNCN2. The van der Waals surface area contributed by atoms with Crippen LogP contribution in [0.4, 0.5) is 5.82 Å². The maximum Gasteiger partial charge on any atom is 0.253 e. The van der Waals surface area contributed by atoms with Crippen molar-refractivity contribution in [3.8, 4) is 11.5 Å². The number of carbonyl (C=O) groups excluding carboxylic acids is 1. The van der Waals surface area contributed by atoms with Gasteiger partial charge in [-0.3, -0.25) is 10.1 Å². The van der Waals surface area contributed by atoms with Crippen molar-refractivity contribution in [3.05, 3.63) is 47.2 Å². The molecule has 0 bridgehead atoms. The number of aromatic nitrogens is 1. The summed E-state index contributed by atoms with van der Waals surface area (Å²) in [5, 5.41) is 9.21. The highest BCUT2D eigenvalue weighted by molar-refractivity contribution is 5.94. The molecular weight excluding hydrogens is 296 g/mol. The molecule has 0 spiro atoms. The number of benzene rings is 1. The van der Waals surface area contributed by atoms with Crippen LogP contribution in [-0.4, -0.2) is 24.4 Å². The van der Waals surface area contributed by atoms with Crippen LogP contribution >= 0.6 is 0 Å². The number of pyridine rings is 1. The molecule has 0 radical (unpaired) electrons. The number of nitrogens with zero attached hydrogens (tertiary/aromatic N) is 1. The highest BCUT2D eigenvalue weighted by Gasteiger charge is 2.15. The minimum Gasteiger partial charge on any atom is -0.454 e. The number of rotatable bonds is 3. The Balaban J connectivity index is 1.44. The van der Waals surface area contributed by atoms with Crippen LogP contribution in [0.5, 0.6) is 11.5 Å². The Kier molecular flexibility index (Phi) is 3.47. The van der Waals surface area contributed by atoms with Gasteiger partial charge in [-0.15, -0.1) is 0 Å². The average Bonchev–Trinajstić information content (AvgIpc) is 3.07. The standard InChI is InChI=1S/C16H16N4O3/c21-16(12-4-11-6-17-8-20-15(11)18-7-12)19-5-10-1-2-13-14(3-10)23-9-22-13/h1-4,7,17H,5-6,8-9H2,(H,18,20)(H,19,21). The summed E-state index contributed by atoms with van der Waals surface area (Å²) in [6.45, 7) is 2.06. The van der Waals surface area contributed by atoms with Gasteiger partial charge < -0.3 is 20.1 Å². The molecule has 2 aliphatic rings. The van der Waals surface area contributed by atoms with Gasteiger partial charge >= 0.3 is 0 Å². The summed E-state index contributed by atoms with van der Waals surface area (Å²) in [6.07, 6.45) is 1.59. The maximum atomic E-state index is 12.3. The quantitative estimate of drug-likeness (QED) is 0.790. The number of anilines is 1. The van der Waals surface area contributed by atoms with Gasteiger partial charge in [-0.2, -0.15) is 0 Å². The second kappa shape index (κ2) is 5.77. The summed E-state index contributed by atoms with van der Waals surface area (Å²) >= 11 is 0. The fourth-order valence-corrected chi connectivity index (χ4v) is 2.61. The summed E-state index contributed by atoms with van der Waals surface area (Å²) in [5.41, 5.74) is 2.50. The van der Waals surface area contributed by atoms with Gasteiger partial charge in [0.15, 0.2) is 11.5 Å². The maximum absolute atomic E-state index is 12.3. The second-order valence-electron chi connectivity index (χ2n) is 5.38. The van der Waals surface area contributed by atoms with Crippen LogP contribution in [0, 0.1) is 0 Å². The number of hydrogen-bond donors (Lipinski definition) is 3. The van der Waals surface area contributed by atoms with Crippen molar-refractivity contribution in [2.75, 3.05) is 18.8 Å². The van der Waals surface area contributed by atoms with Crippen molar-refractivity contribution < 1.29 is 14.3 Å². The summed E-state index contributed by atoms with van der Waals surface area (Å²) in [7, 11) is 0. The van der Waals surface area contributed by atoms with E-state index in [0.29, 0.717) is 31.1 Å². The largest absolute Gasteiger partial charge is 0.454 e. The zero-order chi connectivity index (χ0) is 15.6. The lowest BCUT2D eigenvalue weighted by Crippen LogP contribution is -2.29. The van der Waals surface area contributed by atoms with Crippen molar-refractivity contribution in [1.82, 2.24) is 15.6 Å². The smallest absolute Gasteiger partial charge is 0.253 e. The molecule has 118 valence electrons. The molecule has 7 heteroatoms. The van der Waals surface area contributed by atoms with Crippen molar-refractivity contribution in [2.45, 2.75) is 13.1 Å². The van der Waals surface area contributed by atoms with Crippen LogP contribution in [-0.2, 0) is 13.1 Å². The van der Waals surface area contributed by atoms with E-state index in [4.69, 9.17) is 9.47 Å². The summed E-state index contributed by atoms with van der Waals surface area (Å²) in [4.78, 5) is 16.6. The third-order valence-electron chi connectivity index (χ3n) is 3.82. The van der Waals surface area contributed by atoms with E-state index in [1.54, 1.807) is 6.20 Å². The minimum absolute atomic E-state index is 0.149. The number of fused-ring (bicyclic) bond motifs is 2. The van der Waals surface area contributed by atoms with E-state index < -0.39 is 0 Å². The van der Waals surface area contributed by atoms with Crippen LogP contribution in [0.2, 0.25) is 0 Å². The van der Waals surface area contributed by atoms with E-state index in [-0.39, 0.29) is 12.7 Å². The number of carbonyl (C=O) groups is 1. The van der Waals surface area contributed by atoms with Crippen molar-refractivity contribution in [3.63, 3.8) is 0 Å². The van der Waals surface area contributed by atoms with Crippen LogP contribution in [0.25, 0.3) is 0 Å². The van der Waals surface area contributed by atoms with Crippen LogP contribution in [0.15, 0.2) is 30.5 Å². The molecule has 0 unspecified atom stereocenters. The first-order valence-electron chi connectivity index (χ1n) is 7.40. The number of ether oxygens (including phenoxy) is 2. The Bertz CT molecular complexity index is 763. The van der Waals surface area contributed by atoms with Gasteiger partial charge in [0.1, 0.15) is 5.82 Å². The van der Waals surface area contributed by atoms with Gasteiger partial charge in [-0.1, -0.05) is 6.07 Å². The van der Waals surface area contributed by atoms with Gasteiger partial charge in [0, 0.05) is 24.8 Å². The summed E-state index contributed by atoms with van der Waals surface area (Å²) < 4.78 is 10.6. The predicted octanol–water partition coefficient (Wildman–Crippen LogP) is 1.21. The van der Waals surface area contributed by atoms with Gasteiger partial charge in [0.05, 0.1) is 12.2 Å². The molecule has 3 heterocycles. The van der Waals surface area contributed by atoms with Gasteiger partial charge in [-0.05, 0) is 23.8 Å². The molecule has 2 aromatic rings. The highest BCUT2D eigenvalue weighted by Crippen LogP contribution is 2.32. The van der Waals surface area contributed by atoms with E-state index in [9.17, 15) is 4.79 Å².